The van der Waals surface area contributed by atoms with E-state index >= 15 is 0 Å². The maximum absolute atomic E-state index is 5.98. The predicted octanol–water partition coefficient (Wildman–Crippen LogP) is 5.45. The second kappa shape index (κ2) is 9.22. The predicted molar refractivity (Wildman–Crippen MR) is 117 cm³/mol. The molecule has 0 atom stereocenters. The van der Waals surface area contributed by atoms with Gasteiger partial charge < -0.3 is 14.8 Å². The summed E-state index contributed by atoms with van der Waals surface area (Å²) in [7, 11) is 1.69. The third-order valence-corrected chi connectivity index (χ3v) is 4.99. The molecule has 0 spiro atoms. The van der Waals surface area contributed by atoms with Crippen LogP contribution in [-0.4, -0.2) is 20.3 Å². The molecule has 0 aliphatic heterocycles. The molecule has 3 aromatic carbocycles. The van der Waals surface area contributed by atoms with Gasteiger partial charge in [-0.3, -0.25) is 0 Å². The highest BCUT2D eigenvalue weighted by Gasteiger charge is 2.13. The van der Waals surface area contributed by atoms with Crippen LogP contribution in [0.3, 0.4) is 0 Å². The van der Waals surface area contributed by atoms with Crippen LogP contribution in [0.4, 0.5) is 0 Å². The molecule has 0 heterocycles. The van der Waals surface area contributed by atoms with Crippen LogP contribution in [-0.2, 0) is 23.2 Å². The van der Waals surface area contributed by atoms with E-state index in [-0.39, 0.29) is 5.41 Å². The molecule has 3 nitrogen and oxygen atoms in total. The van der Waals surface area contributed by atoms with Crippen molar-refractivity contribution in [1.29, 1.82) is 0 Å². The SMILES string of the molecule is COCCOc1ccc2ccccc2c1CNCc1ccc(C(C)(C)C)cc1. The summed E-state index contributed by atoms with van der Waals surface area (Å²) < 4.78 is 11.1. The fraction of sp³-hybridized carbons (Fsp3) is 0.360. The first-order valence-corrected chi connectivity index (χ1v) is 9.91. The van der Waals surface area contributed by atoms with Crippen LogP contribution in [0.15, 0.2) is 60.7 Å². The average Bonchev–Trinajstić information content (AvgIpc) is 2.69. The molecule has 1 N–H and O–H groups in total. The van der Waals surface area contributed by atoms with Crippen LogP contribution in [0.5, 0.6) is 5.75 Å². The second-order valence-electron chi connectivity index (χ2n) is 8.16. The summed E-state index contributed by atoms with van der Waals surface area (Å²) in [4.78, 5) is 0. The van der Waals surface area contributed by atoms with E-state index in [0.29, 0.717) is 13.2 Å². The minimum absolute atomic E-state index is 0.184. The first-order chi connectivity index (χ1) is 13.5. The molecule has 3 heteroatoms. The van der Waals surface area contributed by atoms with Gasteiger partial charge in [0.15, 0.2) is 0 Å². The Kier molecular flexibility index (Phi) is 6.71. The van der Waals surface area contributed by atoms with E-state index in [0.717, 1.165) is 18.8 Å². The van der Waals surface area contributed by atoms with Gasteiger partial charge in [0.2, 0.25) is 0 Å². The first-order valence-electron chi connectivity index (χ1n) is 9.91. The summed E-state index contributed by atoms with van der Waals surface area (Å²) >= 11 is 0. The van der Waals surface area contributed by atoms with Gasteiger partial charge in [0, 0.05) is 25.8 Å². The number of fused-ring (bicyclic) bond motifs is 1. The molecule has 0 saturated heterocycles. The van der Waals surface area contributed by atoms with Crippen molar-refractivity contribution >= 4 is 10.8 Å². The van der Waals surface area contributed by atoms with Crippen molar-refractivity contribution in [3.8, 4) is 5.75 Å². The Morgan fingerprint density at radius 3 is 2.29 bits per heavy atom. The Bertz CT molecular complexity index is 895. The number of nitrogens with one attached hydrogen (secondary N) is 1. The van der Waals surface area contributed by atoms with Gasteiger partial charge in [-0.15, -0.1) is 0 Å². The molecule has 0 bridgehead atoms. The first kappa shape index (κ1) is 20.4. The smallest absolute Gasteiger partial charge is 0.124 e. The Hall–Kier alpha value is -2.36. The van der Waals surface area contributed by atoms with Crippen LogP contribution in [0.1, 0.15) is 37.5 Å². The fourth-order valence-electron chi connectivity index (χ4n) is 3.32. The van der Waals surface area contributed by atoms with Gasteiger partial charge in [-0.2, -0.15) is 0 Å². The number of rotatable bonds is 8. The monoisotopic (exact) mass is 377 g/mol. The van der Waals surface area contributed by atoms with Crippen molar-refractivity contribution < 1.29 is 9.47 Å². The summed E-state index contributed by atoms with van der Waals surface area (Å²) in [5.41, 5.74) is 4.03. The quantitative estimate of drug-likeness (QED) is 0.529. The van der Waals surface area contributed by atoms with Crippen molar-refractivity contribution in [2.75, 3.05) is 20.3 Å². The standard InChI is InChI=1S/C25H31NO2/c1-25(2,3)21-12-9-19(10-13-21)17-26-18-23-22-8-6-5-7-20(22)11-14-24(23)28-16-15-27-4/h5-14,26H,15-18H2,1-4H3. The maximum atomic E-state index is 5.98. The highest BCUT2D eigenvalue weighted by Crippen LogP contribution is 2.28. The molecule has 0 aromatic heterocycles. The van der Waals surface area contributed by atoms with E-state index in [1.54, 1.807) is 7.11 Å². The third kappa shape index (κ3) is 5.12. The van der Waals surface area contributed by atoms with Crippen LogP contribution in [0.25, 0.3) is 10.8 Å². The van der Waals surface area contributed by atoms with Gasteiger partial charge >= 0.3 is 0 Å². The van der Waals surface area contributed by atoms with Crippen LogP contribution in [0.2, 0.25) is 0 Å². The molecular weight excluding hydrogens is 346 g/mol. The Morgan fingerprint density at radius 1 is 0.821 bits per heavy atom. The van der Waals surface area contributed by atoms with Gasteiger partial charge in [0.05, 0.1) is 6.61 Å². The minimum atomic E-state index is 0.184. The Balaban J connectivity index is 1.72. The van der Waals surface area contributed by atoms with Crippen LogP contribution < -0.4 is 10.1 Å². The van der Waals surface area contributed by atoms with Crippen LogP contribution in [0, 0.1) is 0 Å². The molecule has 0 aliphatic carbocycles. The van der Waals surface area contributed by atoms with Crippen molar-refractivity contribution in [3.05, 3.63) is 77.4 Å². The summed E-state index contributed by atoms with van der Waals surface area (Å²) in [6.07, 6.45) is 0. The molecule has 3 rings (SSSR count). The lowest BCUT2D eigenvalue weighted by atomic mass is 9.87. The third-order valence-electron chi connectivity index (χ3n) is 4.99. The highest BCUT2D eigenvalue weighted by atomic mass is 16.5. The lowest BCUT2D eigenvalue weighted by Crippen LogP contribution is -2.15. The number of hydrogen-bond acceptors (Lipinski definition) is 3. The molecule has 0 unspecified atom stereocenters. The Morgan fingerprint density at radius 2 is 1.57 bits per heavy atom. The molecule has 0 amide bonds. The largest absolute Gasteiger partial charge is 0.491 e. The van der Waals surface area contributed by atoms with Gasteiger partial charge in [-0.05, 0) is 33.4 Å². The maximum Gasteiger partial charge on any atom is 0.124 e. The summed E-state index contributed by atoms with van der Waals surface area (Å²) in [5.74, 6) is 0.923. The lowest BCUT2D eigenvalue weighted by Gasteiger charge is -2.19. The molecule has 0 radical (unpaired) electrons. The van der Waals surface area contributed by atoms with E-state index in [4.69, 9.17) is 9.47 Å². The van der Waals surface area contributed by atoms with Crippen molar-refractivity contribution in [2.45, 2.75) is 39.3 Å². The van der Waals surface area contributed by atoms with Crippen LogP contribution >= 0.6 is 0 Å². The zero-order chi connectivity index (χ0) is 20.0. The van der Waals surface area contributed by atoms with Crippen molar-refractivity contribution in [3.63, 3.8) is 0 Å². The number of benzene rings is 3. The van der Waals surface area contributed by atoms with E-state index in [1.807, 2.05) is 0 Å². The zero-order valence-corrected chi connectivity index (χ0v) is 17.4. The van der Waals surface area contributed by atoms with Crippen molar-refractivity contribution in [1.82, 2.24) is 5.32 Å². The Labute approximate surface area is 168 Å². The lowest BCUT2D eigenvalue weighted by molar-refractivity contribution is 0.146. The molecule has 148 valence electrons. The van der Waals surface area contributed by atoms with Gasteiger partial charge in [-0.25, -0.2) is 0 Å². The van der Waals surface area contributed by atoms with E-state index in [2.05, 4.69) is 86.8 Å². The second-order valence-corrected chi connectivity index (χ2v) is 8.16. The summed E-state index contributed by atoms with van der Waals surface area (Å²) in [5, 5.41) is 6.05. The van der Waals surface area contributed by atoms with E-state index in [9.17, 15) is 0 Å². The van der Waals surface area contributed by atoms with Gasteiger partial charge in [-0.1, -0.05) is 75.4 Å². The molecule has 28 heavy (non-hydrogen) atoms. The van der Waals surface area contributed by atoms with Crippen molar-refractivity contribution in [2.24, 2.45) is 0 Å². The van der Waals surface area contributed by atoms with E-state index < -0.39 is 0 Å². The normalized spacial score (nSPS) is 11.7. The average molecular weight is 378 g/mol. The molecule has 0 saturated carbocycles. The zero-order valence-electron chi connectivity index (χ0n) is 17.4. The topological polar surface area (TPSA) is 30.5 Å². The van der Waals surface area contributed by atoms with E-state index in [1.165, 1.54) is 27.5 Å². The number of methoxy groups -OCH3 is 1. The number of ether oxygens (including phenoxy) is 2. The molecule has 0 fully saturated rings. The number of hydrogen-bond donors (Lipinski definition) is 1. The molecule has 3 aromatic rings. The molecular formula is C25H31NO2. The van der Waals surface area contributed by atoms with Gasteiger partial charge in [0.1, 0.15) is 12.4 Å². The summed E-state index contributed by atoms with van der Waals surface area (Å²) in [6.45, 7) is 9.44. The van der Waals surface area contributed by atoms with Gasteiger partial charge in [0.25, 0.3) is 0 Å². The molecule has 0 aliphatic rings. The summed E-state index contributed by atoms with van der Waals surface area (Å²) in [6, 6.07) is 21.5. The minimum Gasteiger partial charge on any atom is -0.491 e. The fourth-order valence-corrected chi connectivity index (χ4v) is 3.32. The highest BCUT2D eigenvalue weighted by molar-refractivity contribution is 5.87.